The molecule has 2 aliphatic heterocycles. The number of anilines is 1. The van der Waals surface area contributed by atoms with Gasteiger partial charge in [-0.1, -0.05) is 22.8 Å². The molecule has 1 aromatic carbocycles. The molecule has 2 saturated heterocycles. The van der Waals surface area contributed by atoms with E-state index in [9.17, 15) is 9.59 Å². The number of aromatic nitrogens is 4. The van der Waals surface area contributed by atoms with Crippen molar-refractivity contribution in [1.29, 1.82) is 0 Å². The molecule has 2 fully saturated rings. The summed E-state index contributed by atoms with van der Waals surface area (Å²) in [5, 5.41) is 11.2. The lowest BCUT2D eigenvalue weighted by atomic mass is 9.95. The maximum absolute atomic E-state index is 13.1. The molecule has 0 bridgehead atoms. The van der Waals surface area contributed by atoms with E-state index in [4.69, 9.17) is 16.1 Å². The molecule has 0 aliphatic carbocycles. The lowest BCUT2D eigenvalue weighted by molar-refractivity contribution is -0.136. The Morgan fingerprint density at radius 1 is 1.26 bits per heavy atom. The van der Waals surface area contributed by atoms with Crippen LogP contribution in [0.5, 0.6) is 0 Å². The van der Waals surface area contributed by atoms with E-state index in [1.165, 1.54) is 0 Å². The Hall–Kier alpha value is -3.20. The molecule has 10 heteroatoms. The second-order valence-electron chi connectivity index (χ2n) is 7.93. The van der Waals surface area contributed by atoms with Crippen molar-refractivity contribution in [3.8, 4) is 11.4 Å². The minimum atomic E-state index is -0.334. The van der Waals surface area contributed by atoms with Crippen LogP contribution in [0.1, 0.15) is 31.1 Å². The Bertz CT molecular complexity index is 1090. The zero-order valence-corrected chi connectivity index (χ0v) is 17.5. The third-order valence-electron chi connectivity index (χ3n) is 5.95. The Labute approximate surface area is 183 Å². The summed E-state index contributed by atoms with van der Waals surface area (Å²) in [6.07, 6.45) is 5.08. The van der Waals surface area contributed by atoms with E-state index in [2.05, 4.69) is 20.3 Å². The number of halogens is 1. The first kappa shape index (κ1) is 19.7. The van der Waals surface area contributed by atoms with Crippen molar-refractivity contribution >= 4 is 29.1 Å². The van der Waals surface area contributed by atoms with Crippen molar-refractivity contribution in [2.75, 3.05) is 24.5 Å². The first-order valence-electron chi connectivity index (χ1n) is 10.3. The molecule has 0 radical (unpaired) electrons. The molecule has 5 rings (SSSR count). The van der Waals surface area contributed by atoms with Crippen LogP contribution >= 0.6 is 11.6 Å². The van der Waals surface area contributed by atoms with Crippen LogP contribution in [-0.4, -0.2) is 56.7 Å². The average molecular weight is 441 g/mol. The van der Waals surface area contributed by atoms with Gasteiger partial charge in [0.1, 0.15) is 0 Å². The van der Waals surface area contributed by atoms with Gasteiger partial charge in [0.05, 0.1) is 17.7 Å². The Morgan fingerprint density at radius 2 is 2.10 bits per heavy atom. The zero-order valence-electron chi connectivity index (χ0n) is 16.7. The second kappa shape index (κ2) is 8.14. The number of amides is 2. The lowest BCUT2D eigenvalue weighted by Crippen LogP contribution is -2.42. The fraction of sp³-hybridized carbons (Fsp3) is 0.381. The molecular weight excluding hydrogens is 420 g/mol. The summed E-state index contributed by atoms with van der Waals surface area (Å²) in [6.45, 7) is 1.60. The number of nitrogens with one attached hydrogen (secondary N) is 1. The molecule has 1 atom stereocenters. The van der Waals surface area contributed by atoms with E-state index in [1.54, 1.807) is 35.5 Å². The predicted molar refractivity (Wildman–Crippen MR) is 112 cm³/mol. The van der Waals surface area contributed by atoms with Gasteiger partial charge in [-0.3, -0.25) is 14.7 Å². The molecule has 31 heavy (non-hydrogen) atoms. The minimum Gasteiger partial charge on any atom is -0.342 e. The topological polar surface area (TPSA) is 108 Å². The van der Waals surface area contributed by atoms with Crippen molar-refractivity contribution in [2.24, 2.45) is 5.92 Å². The Kier molecular flexibility index (Phi) is 5.19. The largest absolute Gasteiger partial charge is 0.342 e. The zero-order chi connectivity index (χ0) is 21.4. The number of H-pyrrole nitrogens is 1. The highest BCUT2D eigenvalue weighted by molar-refractivity contribution is 6.31. The van der Waals surface area contributed by atoms with Gasteiger partial charge in [0.15, 0.2) is 0 Å². The third kappa shape index (κ3) is 3.93. The van der Waals surface area contributed by atoms with E-state index >= 15 is 0 Å². The molecule has 1 N–H and O–H groups in total. The first-order chi connectivity index (χ1) is 15.1. The smallest absolute Gasteiger partial charge is 0.230 e. The van der Waals surface area contributed by atoms with Gasteiger partial charge in [-0.05, 0) is 31.0 Å². The number of aromatic amines is 1. The Balaban J connectivity index is 1.19. The van der Waals surface area contributed by atoms with Crippen LogP contribution in [-0.2, 0) is 9.59 Å². The molecule has 1 unspecified atom stereocenters. The number of benzene rings is 1. The van der Waals surface area contributed by atoms with Crippen LogP contribution < -0.4 is 4.90 Å². The highest BCUT2D eigenvalue weighted by Crippen LogP contribution is 2.32. The molecule has 2 aliphatic rings. The predicted octanol–water partition coefficient (Wildman–Crippen LogP) is 2.87. The molecule has 0 spiro atoms. The summed E-state index contributed by atoms with van der Waals surface area (Å²) in [4.78, 5) is 33.5. The normalized spacial score (nSPS) is 19.9. The average Bonchev–Trinajstić information content (AvgIpc) is 3.54. The van der Waals surface area contributed by atoms with Gasteiger partial charge >= 0.3 is 0 Å². The van der Waals surface area contributed by atoms with Crippen molar-refractivity contribution in [3.05, 3.63) is 47.6 Å². The van der Waals surface area contributed by atoms with Gasteiger partial charge in [0, 0.05) is 48.9 Å². The van der Waals surface area contributed by atoms with Crippen LogP contribution in [0.25, 0.3) is 11.4 Å². The van der Waals surface area contributed by atoms with Gasteiger partial charge in [0.25, 0.3) is 0 Å². The summed E-state index contributed by atoms with van der Waals surface area (Å²) in [5.74, 6) is 0.859. The van der Waals surface area contributed by atoms with E-state index in [1.807, 2.05) is 11.0 Å². The number of hydrogen-bond donors (Lipinski definition) is 1. The van der Waals surface area contributed by atoms with Gasteiger partial charge in [-0.2, -0.15) is 10.1 Å². The number of carbonyl (C=O) groups excluding carboxylic acids is 2. The number of carbonyl (C=O) groups is 2. The molecule has 2 aromatic heterocycles. The van der Waals surface area contributed by atoms with Crippen LogP contribution in [0.4, 0.5) is 5.69 Å². The quantitative estimate of drug-likeness (QED) is 0.668. The van der Waals surface area contributed by atoms with Crippen LogP contribution in [0.15, 0.2) is 41.2 Å². The molecule has 2 amide bonds. The highest BCUT2D eigenvalue weighted by atomic mass is 35.5. The summed E-state index contributed by atoms with van der Waals surface area (Å²) in [6, 6.07) is 7.16. The van der Waals surface area contributed by atoms with Crippen LogP contribution in [0.2, 0.25) is 5.02 Å². The number of rotatable bonds is 4. The van der Waals surface area contributed by atoms with E-state index in [-0.39, 0.29) is 30.1 Å². The summed E-state index contributed by atoms with van der Waals surface area (Å²) in [5.41, 5.74) is 1.51. The van der Waals surface area contributed by atoms with E-state index in [0.717, 1.165) is 24.1 Å². The van der Waals surface area contributed by atoms with Gasteiger partial charge in [-0.15, -0.1) is 0 Å². The lowest BCUT2D eigenvalue weighted by Gasteiger charge is -2.32. The SMILES string of the molecule is O=C(C1CC(=O)N(c2cccc(Cl)c2)C1)N1CCC(c2nc(-c3cn[nH]c3)no2)CC1. The van der Waals surface area contributed by atoms with Crippen molar-refractivity contribution in [2.45, 2.75) is 25.2 Å². The summed E-state index contributed by atoms with van der Waals surface area (Å²) < 4.78 is 5.44. The third-order valence-corrected chi connectivity index (χ3v) is 6.18. The molecule has 4 heterocycles. The fourth-order valence-corrected chi connectivity index (χ4v) is 4.45. The maximum atomic E-state index is 13.1. The number of likely N-dealkylation sites (tertiary alicyclic amines) is 1. The Morgan fingerprint density at radius 3 is 2.84 bits per heavy atom. The van der Waals surface area contributed by atoms with Crippen molar-refractivity contribution in [3.63, 3.8) is 0 Å². The number of hydrogen-bond acceptors (Lipinski definition) is 6. The van der Waals surface area contributed by atoms with Crippen molar-refractivity contribution < 1.29 is 14.1 Å². The number of nitrogens with zero attached hydrogens (tertiary/aromatic N) is 5. The van der Waals surface area contributed by atoms with Gasteiger partial charge < -0.3 is 14.3 Å². The molecule has 3 aromatic rings. The molecule has 9 nitrogen and oxygen atoms in total. The highest BCUT2D eigenvalue weighted by Gasteiger charge is 2.38. The van der Waals surface area contributed by atoms with Gasteiger partial charge in [0.2, 0.25) is 23.5 Å². The second-order valence-corrected chi connectivity index (χ2v) is 8.36. The van der Waals surface area contributed by atoms with Crippen molar-refractivity contribution in [1.82, 2.24) is 25.2 Å². The van der Waals surface area contributed by atoms with Gasteiger partial charge in [-0.25, -0.2) is 0 Å². The van der Waals surface area contributed by atoms with E-state index in [0.29, 0.717) is 36.4 Å². The minimum absolute atomic E-state index is 0.0287. The fourth-order valence-electron chi connectivity index (χ4n) is 4.26. The molecule has 0 saturated carbocycles. The molecular formula is C21H21ClN6O3. The molecule has 160 valence electrons. The van der Waals surface area contributed by atoms with Crippen LogP contribution in [0, 0.1) is 5.92 Å². The van der Waals surface area contributed by atoms with Crippen LogP contribution in [0.3, 0.4) is 0 Å². The summed E-state index contributed by atoms with van der Waals surface area (Å²) >= 11 is 6.05. The standard InChI is InChI=1S/C21H21ClN6O3/c22-16-2-1-3-17(9-16)28-12-14(8-18(28)29)21(30)27-6-4-13(5-7-27)20-25-19(26-31-20)15-10-23-24-11-15/h1-3,9-11,13-14H,4-8,12H2,(H,23,24). The summed E-state index contributed by atoms with van der Waals surface area (Å²) in [7, 11) is 0. The monoisotopic (exact) mass is 440 g/mol. The van der Waals surface area contributed by atoms with E-state index < -0.39 is 0 Å². The number of piperidine rings is 1. The maximum Gasteiger partial charge on any atom is 0.230 e. The first-order valence-corrected chi connectivity index (χ1v) is 10.6.